The number of likely N-dealkylation sites (tertiary alicyclic amines) is 1. The Balaban J connectivity index is 1.43. The Morgan fingerprint density at radius 3 is 2.32 bits per heavy atom. The van der Waals surface area contributed by atoms with Gasteiger partial charge in [0.05, 0.1) is 13.2 Å². The van der Waals surface area contributed by atoms with Gasteiger partial charge in [0.25, 0.3) is 0 Å². The van der Waals surface area contributed by atoms with Gasteiger partial charge in [0.1, 0.15) is 0 Å². The number of hydrogen-bond acceptors (Lipinski definition) is 4. The summed E-state index contributed by atoms with van der Waals surface area (Å²) in [4.78, 5) is 16.0. The Hall–Kier alpha value is -2.40. The van der Waals surface area contributed by atoms with E-state index in [1.54, 1.807) is 6.07 Å². The van der Waals surface area contributed by atoms with Crippen LogP contribution in [-0.4, -0.2) is 42.7 Å². The molecular formula is C29H38FNO3. The molecule has 1 fully saturated rings. The van der Waals surface area contributed by atoms with Crippen LogP contribution in [0.15, 0.2) is 36.4 Å². The molecule has 0 spiro atoms. The second-order valence-corrected chi connectivity index (χ2v) is 9.88. The van der Waals surface area contributed by atoms with E-state index in [0.717, 1.165) is 38.0 Å². The normalized spacial score (nSPS) is 21.7. The predicted octanol–water partition coefficient (Wildman–Crippen LogP) is 6.32. The zero-order chi connectivity index (χ0) is 24.1. The van der Waals surface area contributed by atoms with E-state index < -0.39 is 5.67 Å². The van der Waals surface area contributed by atoms with Crippen molar-refractivity contribution >= 4 is 5.78 Å². The molecule has 1 saturated heterocycles. The van der Waals surface area contributed by atoms with Gasteiger partial charge in [0, 0.05) is 12.1 Å². The molecule has 0 aromatic heterocycles. The highest BCUT2D eigenvalue weighted by Gasteiger charge is 2.43. The van der Waals surface area contributed by atoms with E-state index in [2.05, 4.69) is 36.1 Å². The van der Waals surface area contributed by atoms with E-state index in [1.165, 1.54) is 11.1 Å². The SMILES string of the molecule is CCOc1cc2c(cc1OCC)C(=O)C(F)(CC1CCN(Cc3ccc(C)cc3)CC1)CCC2. The summed E-state index contributed by atoms with van der Waals surface area (Å²) in [7, 11) is 0. The summed E-state index contributed by atoms with van der Waals surface area (Å²) < 4.78 is 27.8. The number of hydrogen-bond donors (Lipinski definition) is 0. The summed E-state index contributed by atoms with van der Waals surface area (Å²) in [5.41, 5.74) is 2.14. The fourth-order valence-corrected chi connectivity index (χ4v) is 5.42. The standard InChI is InChI=1S/C29H38FNO3/c1-4-33-26-17-24-7-6-14-29(30,28(32)25(24)18-27(26)34-5-2)19-22-12-15-31(16-13-22)20-23-10-8-21(3)9-11-23/h8-11,17-18,22H,4-7,12-16,19-20H2,1-3H3. The Labute approximate surface area is 203 Å². The van der Waals surface area contributed by atoms with Crippen molar-refractivity contribution in [2.24, 2.45) is 5.92 Å². The molecule has 1 aliphatic carbocycles. The van der Waals surface area contributed by atoms with Gasteiger partial charge >= 0.3 is 0 Å². The molecule has 0 saturated carbocycles. The van der Waals surface area contributed by atoms with Gasteiger partial charge in [0.2, 0.25) is 0 Å². The molecule has 1 atom stereocenters. The van der Waals surface area contributed by atoms with Crippen molar-refractivity contribution in [3.05, 3.63) is 58.7 Å². The lowest BCUT2D eigenvalue weighted by Gasteiger charge is -2.35. The molecule has 1 unspecified atom stereocenters. The van der Waals surface area contributed by atoms with E-state index in [-0.39, 0.29) is 18.1 Å². The van der Waals surface area contributed by atoms with E-state index in [4.69, 9.17) is 9.47 Å². The molecule has 4 nitrogen and oxygen atoms in total. The minimum Gasteiger partial charge on any atom is -0.490 e. The number of rotatable bonds is 8. The predicted molar refractivity (Wildman–Crippen MR) is 134 cm³/mol. The molecule has 5 heteroatoms. The maximum atomic E-state index is 16.3. The lowest BCUT2D eigenvalue weighted by molar-refractivity contribution is 0.0516. The fourth-order valence-electron chi connectivity index (χ4n) is 5.42. The van der Waals surface area contributed by atoms with Gasteiger partial charge in [0.15, 0.2) is 23.0 Å². The zero-order valence-electron chi connectivity index (χ0n) is 20.9. The number of ketones is 1. The minimum absolute atomic E-state index is 0.235. The lowest BCUT2D eigenvalue weighted by Crippen LogP contribution is -2.40. The van der Waals surface area contributed by atoms with Crippen LogP contribution in [0.1, 0.15) is 73.0 Å². The van der Waals surface area contributed by atoms with Crippen LogP contribution in [0.3, 0.4) is 0 Å². The summed E-state index contributed by atoms with van der Waals surface area (Å²) in [6.07, 6.45) is 3.84. The lowest BCUT2D eigenvalue weighted by atomic mass is 9.80. The average molecular weight is 468 g/mol. The van der Waals surface area contributed by atoms with Gasteiger partial charge in [-0.25, -0.2) is 4.39 Å². The van der Waals surface area contributed by atoms with Crippen molar-refractivity contribution in [2.45, 2.75) is 71.5 Å². The average Bonchev–Trinajstić information content (AvgIpc) is 2.94. The molecule has 0 amide bonds. The Morgan fingerprint density at radius 1 is 1.03 bits per heavy atom. The molecule has 0 N–H and O–H groups in total. The van der Waals surface area contributed by atoms with Crippen molar-refractivity contribution in [1.29, 1.82) is 0 Å². The van der Waals surface area contributed by atoms with Crippen LogP contribution in [0.25, 0.3) is 0 Å². The smallest absolute Gasteiger partial charge is 0.200 e. The second kappa shape index (κ2) is 10.9. The van der Waals surface area contributed by atoms with Gasteiger partial charge in [-0.2, -0.15) is 0 Å². The number of halogens is 1. The highest BCUT2D eigenvalue weighted by atomic mass is 19.1. The molecule has 2 aromatic carbocycles. The number of aryl methyl sites for hydroxylation is 2. The summed E-state index contributed by atoms with van der Waals surface area (Å²) in [5.74, 6) is 1.04. The number of carbonyl (C=O) groups is 1. The first-order valence-corrected chi connectivity index (χ1v) is 12.9. The summed E-state index contributed by atoms with van der Waals surface area (Å²) in [6, 6.07) is 12.3. The fraction of sp³-hybridized carbons (Fsp3) is 0.552. The van der Waals surface area contributed by atoms with Crippen LogP contribution in [0.4, 0.5) is 4.39 Å². The quantitative estimate of drug-likeness (QED) is 0.426. The van der Waals surface area contributed by atoms with Crippen LogP contribution >= 0.6 is 0 Å². The van der Waals surface area contributed by atoms with E-state index in [9.17, 15) is 4.79 Å². The van der Waals surface area contributed by atoms with Crippen LogP contribution in [0, 0.1) is 12.8 Å². The Kier molecular flexibility index (Phi) is 7.92. The molecule has 34 heavy (non-hydrogen) atoms. The topological polar surface area (TPSA) is 38.8 Å². The maximum absolute atomic E-state index is 16.3. The molecule has 2 aromatic rings. The summed E-state index contributed by atoms with van der Waals surface area (Å²) >= 11 is 0. The highest BCUT2D eigenvalue weighted by molar-refractivity contribution is 6.04. The number of alkyl halides is 1. The Bertz CT molecular complexity index is 982. The van der Waals surface area contributed by atoms with Gasteiger partial charge < -0.3 is 9.47 Å². The van der Waals surface area contributed by atoms with Gasteiger partial charge in [-0.3, -0.25) is 9.69 Å². The molecule has 0 bridgehead atoms. The third-order valence-corrected chi connectivity index (χ3v) is 7.29. The summed E-state index contributed by atoms with van der Waals surface area (Å²) in [5, 5.41) is 0. The number of fused-ring (bicyclic) bond motifs is 1. The molecule has 0 radical (unpaired) electrons. The van der Waals surface area contributed by atoms with Gasteiger partial charge in [-0.1, -0.05) is 29.8 Å². The molecule has 2 aliphatic rings. The van der Waals surface area contributed by atoms with E-state index in [1.807, 2.05) is 19.9 Å². The molecule has 4 rings (SSSR count). The van der Waals surface area contributed by atoms with Crippen LogP contribution in [-0.2, 0) is 13.0 Å². The van der Waals surface area contributed by atoms with Crippen molar-refractivity contribution in [1.82, 2.24) is 4.90 Å². The first-order valence-electron chi connectivity index (χ1n) is 12.9. The van der Waals surface area contributed by atoms with E-state index >= 15 is 4.39 Å². The maximum Gasteiger partial charge on any atom is 0.200 e. The number of Topliss-reactive ketones (excluding diaryl/α,β-unsaturated/α-hetero) is 1. The van der Waals surface area contributed by atoms with E-state index in [0.29, 0.717) is 49.5 Å². The molecule has 184 valence electrons. The van der Waals surface area contributed by atoms with Gasteiger partial charge in [-0.15, -0.1) is 0 Å². The van der Waals surface area contributed by atoms with Crippen LogP contribution < -0.4 is 9.47 Å². The van der Waals surface area contributed by atoms with Crippen molar-refractivity contribution in [3.8, 4) is 11.5 Å². The number of nitrogens with zero attached hydrogens (tertiary/aromatic N) is 1. The number of piperidine rings is 1. The van der Waals surface area contributed by atoms with Crippen molar-refractivity contribution in [2.75, 3.05) is 26.3 Å². The first-order chi connectivity index (χ1) is 16.4. The first kappa shape index (κ1) is 24.7. The minimum atomic E-state index is -1.80. The molecule has 1 aliphatic heterocycles. The number of benzene rings is 2. The van der Waals surface area contributed by atoms with Crippen LogP contribution in [0.2, 0.25) is 0 Å². The number of ether oxygens (including phenoxy) is 2. The third kappa shape index (κ3) is 5.63. The molecular weight excluding hydrogens is 429 g/mol. The van der Waals surface area contributed by atoms with Gasteiger partial charge in [-0.05, 0) is 102 Å². The second-order valence-electron chi connectivity index (χ2n) is 9.88. The monoisotopic (exact) mass is 467 g/mol. The summed E-state index contributed by atoms with van der Waals surface area (Å²) in [6.45, 7) is 9.74. The highest BCUT2D eigenvalue weighted by Crippen LogP contribution is 2.41. The Morgan fingerprint density at radius 2 is 1.68 bits per heavy atom. The largest absolute Gasteiger partial charge is 0.490 e. The van der Waals surface area contributed by atoms with Crippen LogP contribution in [0.5, 0.6) is 11.5 Å². The molecule has 1 heterocycles. The third-order valence-electron chi connectivity index (χ3n) is 7.29. The van der Waals surface area contributed by atoms with Crippen molar-refractivity contribution in [3.63, 3.8) is 0 Å². The number of carbonyl (C=O) groups excluding carboxylic acids is 1. The van der Waals surface area contributed by atoms with Crippen molar-refractivity contribution < 1.29 is 18.7 Å². The zero-order valence-corrected chi connectivity index (χ0v) is 20.9.